The Kier molecular flexibility index (Phi) is 6.21. The van der Waals surface area contributed by atoms with Crippen LogP contribution in [0.1, 0.15) is 74.7 Å². The maximum absolute atomic E-state index is 3.55. The molecule has 1 heteroatoms. The zero-order chi connectivity index (χ0) is 13.7. The van der Waals surface area contributed by atoms with Gasteiger partial charge >= 0.3 is 0 Å². The van der Waals surface area contributed by atoms with Crippen LogP contribution in [0.25, 0.3) is 0 Å². The molecule has 0 fully saturated rings. The second-order valence-corrected chi connectivity index (χ2v) is 8.33. The highest BCUT2D eigenvalue weighted by Gasteiger charge is 2.31. The zero-order valence-corrected chi connectivity index (χ0v) is 13.5. The van der Waals surface area contributed by atoms with E-state index >= 15 is 0 Å². The minimum Gasteiger partial charge on any atom is -0.316 e. The van der Waals surface area contributed by atoms with Crippen LogP contribution in [0.2, 0.25) is 0 Å². The van der Waals surface area contributed by atoms with E-state index < -0.39 is 0 Å². The van der Waals surface area contributed by atoms with E-state index in [1.54, 1.807) is 0 Å². The van der Waals surface area contributed by atoms with E-state index in [0.717, 1.165) is 13.1 Å². The lowest BCUT2D eigenvalue weighted by atomic mass is 9.67. The molecule has 0 aliphatic carbocycles. The number of nitrogens with one attached hydrogen (secondary N) is 1. The predicted octanol–water partition coefficient (Wildman–Crippen LogP) is 4.86. The van der Waals surface area contributed by atoms with Crippen LogP contribution in [-0.2, 0) is 0 Å². The van der Waals surface area contributed by atoms with Gasteiger partial charge in [-0.05, 0) is 42.2 Å². The fourth-order valence-corrected chi connectivity index (χ4v) is 1.66. The normalized spacial score (nSPS) is 14.1. The molecule has 1 N–H and O–H groups in total. The molecule has 0 aliphatic heterocycles. The van der Waals surface area contributed by atoms with Gasteiger partial charge in [-0.15, -0.1) is 0 Å². The summed E-state index contributed by atoms with van der Waals surface area (Å²) in [6.07, 6.45) is 3.96. The molecule has 0 saturated heterocycles. The zero-order valence-electron chi connectivity index (χ0n) is 13.5. The van der Waals surface area contributed by atoms with Gasteiger partial charge in [0.05, 0.1) is 0 Å². The van der Waals surface area contributed by atoms with Crippen molar-refractivity contribution in [1.29, 1.82) is 0 Å². The van der Waals surface area contributed by atoms with Crippen LogP contribution in [0.15, 0.2) is 0 Å². The van der Waals surface area contributed by atoms with E-state index in [-0.39, 0.29) is 0 Å². The molecule has 1 nitrogen and oxygen atoms in total. The third kappa shape index (κ3) is 7.81. The fraction of sp³-hybridized carbons (Fsp3) is 1.00. The highest BCUT2D eigenvalue weighted by atomic mass is 14.9. The van der Waals surface area contributed by atoms with E-state index in [4.69, 9.17) is 0 Å². The first-order valence-corrected chi connectivity index (χ1v) is 7.16. The molecule has 0 spiro atoms. The van der Waals surface area contributed by atoms with Crippen LogP contribution in [0.4, 0.5) is 0 Å². The SMILES string of the molecule is CC(C)(C)CNCCCCC(C)(C)C(C)(C)C. The Balaban J connectivity index is 3.66. The summed E-state index contributed by atoms with van der Waals surface area (Å²) in [5.41, 5.74) is 1.26. The van der Waals surface area contributed by atoms with Crippen LogP contribution in [0, 0.1) is 16.2 Å². The Morgan fingerprint density at radius 2 is 1.29 bits per heavy atom. The molecule has 0 radical (unpaired) electrons. The van der Waals surface area contributed by atoms with E-state index in [1.165, 1.54) is 19.3 Å². The monoisotopic (exact) mass is 241 g/mol. The van der Waals surface area contributed by atoms with Crippen molar-refractivity contribution in [3.05, 3.63) is 0 Å². The van der Waals surface area contributed by atoms with Gasteiger partial charge in [-0.1, -0.05) is 61.8 Å². The number of hydrogen-bond acceptors (Lipinski definition) is 1. The van der Waals surface area contributed by atoms with Gasteiger partial charge in [-0.2, -0.15) is 0 Å². The van der Waals surface area contributed by atoms with Gasteiger partial charge in [0, 0.05) is 0 Å². The Labute approximate surface area is 110 Å². The first kappa shape index (κ1) is 17.0. The van der Waals surface area contributed by atoms with Gasteiger partial charge in [-0.3, -0.25) is 0 Å². The van der Waals surface area contributed by atoms with E-state index in [9.17, 15) is 0 Å². The molecule has 0 atom stereocenters. The van der Waals surface area contributed by atoms with Crippen molar-refractivity contribution in [1.82, 2.24) is 5.32 Å². The molecule has 0 heterocycles. The van der Waals surface area contributed by atoms with Crippen LogP contribution in [-0.4, -0.2) is 13.1 Å². The first-order valence-electron chi connectivity index (χ1n) is 7.16. The molecular weight excluding hydrogens is 206 g/mol. The lowest BCUT2D eigenvalue weighted by molar-refractivity contribution is 0.116. The van der Waals surface area contributed by atoms with E-state index in [1.807, 2.05) is 0 Å². The van der Waals surface area contributed by atoms with E-state index in [0.29, 0.717) is 16.2 Å². The summed E-state index contributed by atoms with van der Waals surface area (Å²) >= 11 is 0. The van der Waals surface area contributed by atoms with Gasteiger partial charge in [0.15, 0.2) is 0 Å². The van der Waals surface area contributed by atoms with Gasteiger partial charge < -0.3 is 5.32 Å². The Morgan fingerprint density at radius 1 is 0.765 bits per heavy atom. The molecule has 0 amide bonds. The second kappa shape index (κ2) is 6.22. The van der Waals surface area contributed by atoms with Gasteiger partial charge in [0.1, 0.15) is 0 Å². The van der Waals surface area contributed by atoms with Gasteiger partial charge in [-0.25, -0.2) is 0 Å². The molecule has 0 saturated carbocycles. The standard InChI is InChI=1S/C16H35N/c1-14(2,3)13-17-12-10-9-11-16(7,8)15(4,5)6/h17H,9-13H2,1-8H3. The van der Waals surface area contributed by atoms with Crippen molar-refractivity contribution in [2.24, 2.45) is 16.2 Å². The molecule has 0 aromatic rings. The highest BCUT2D eigenvalue weighted by molar-refractivity contribution is 4.82. The molecule has 17 heavy (non-hydrogen) atoms. The summed E-state index contributed by atoms with van der Waals surface area (Å²) in [5.74, 6) is 0. The van der Waals surface area contributed by atoms with Crippen molar-refractivity contribution in [3.8, 4) is 0 Å². The van der Waals surface area contributed by atoms with Crippen LogP contribution in [0.3, 0.4) is 0 Å². The Morgan fingerprint density at radius 3 is 1.71 bits per heavy atom. The molecule has 104 valence electrons. The topological polar surface area (TPSA) is 12.0 Å². The summed E-state index contributed by atoms with van der Waals surface area (Å²) in [5, 5.41) is 3.55. The summed E-state index contributed by atoms with van der Waals surface area (Å²) in [4.78, 5) is 0. The van der Waals surface area contributed by atoms with Crippen molar-refractivity contribution in [3.63, 3.8) is 0 Å². The Bertz CT molecular complexity index is 203. The molecule has 0 aliphatic rings. The maximum atomic E-state index is 3.55. The smallest absolute Gasteiger partial charge is 0.0000126 e. The van der Waals surface area contributed by atoms with Crippen LogP contribution in [0.5, 0.6) is 0 Å². The summed E-state index contributed by atoms with van der Waals surface area (Å²) in [7, 11) is 0. The fourth-order valence-electron chi connectivity index (χ4n) is 1.66. The maximum Gasteiger partial charge on any atom is -0.0000126 e. The molecule has 0 aromatic heterocycles. The van der Waals surface area contributed by atoms with Gasteiger partial charge in [0.2, 0.25) is 0 Å². The highest BCUT2D eigenvalue weighted by Crippen LogP contribution is 2.41. The summed E-state index contributed by atoms with van der Waals surface area (Å²) in [6.45, 7) is 21.0. The molecule has 0 bridgehead atoms. The predicted molar refractivity (Wildman–Crippen MR) is 79.4 cm³/mol. The first-order chi connectivity index (χ1) is 7.46. The molecular formula is C16H35N. The lowest BCUT2D eigenvalue weighted by Gasteiger charge is -2.39. The average molecular weight is 241 g/mol. The van der Waals surface area contributed by atoms with E-state index in [2.05, 4.69) is 60.7 Å². The Hall–Kier alpha value is -0.0400. The average Bonchev–Trinajstić information content (AvgIpc) is 2.07. The lowest BCUT2D eigenvalue weighted by Crippen LogP contribution is -2.30. The van der Waals surface area contributed by atoms with Crippen LogP contribution >= 0.6 is 0 Å². The van der Waals surface area contributed by atoms with Crippen molar-refractivity contribution < 1.29 is 0 Å². The minimum atomic E-state index is 0.407. The second-order valence-electron chi connectivity index (χ2n) is 8.33. The number of rotatable bonds is 6. The van der Waals surface area contributed by atoms with Crippen LogP contribution < -0.4 is 5.32 Å². The third-order valence-electron chi connectivity index (χ3n) is 4.09. The third-order valence-corrected chi connectivity index (χ3v) is 4.09. The quantitative estimate of drug-likeness (QED) is 0.655. The molecule has 0 unspecified atom stereocenters. The number of hydrogen-bond donors (Lipinski definition) is 1. The molecule has 0 aromatic carbocycles. The molecule has 0 rings (SSSR count). The van der Waals surface area contributed by atoms with Gasteiger partial charge in [0.25, 0.3) is 0 Å². The minimum absolute atomic E-state index is 0.407. The largest absolute Gasteiger partial charge is 0.316 e. The summed E-state index contributed by atoms with van der Waals surface area (Å²) in [6, 6.07) is 0. The summed E-state index contributed by atoms with van der Waals surface area (Å²) < 4.78 is 0. The number of unbranched alkanes of at least 4 members (excludes halogenated alkanes) is 1. The van der Waals surface area contributed by atoms with Crippen molar-refractivity contribution >= 4 is 0 Å². The van der Waals surface area contributed by atoms with Crippen molar-refractivity contribution in [2.45, 2.75) is 74.7 Å². The van der Waals surface area contributed by atoms with Crippen molar-refractivity contribution in [2.75, 3.05) is 13.1 Å².